The van der Waals surface area contributed by atoms with E-state index in [2.05, 4.69) is 9.50 Å². The molecule has 0 unspecified atom stereocenters. The highest BCUT2D eigenvalue weighted by atomic mass is 35.5. The highest BCUT2D eigenvalue weighted by Gasteiger charge is 2.17. The molecule has 1 N–H and O–H groups in total. The molecule has 0 saturated heterocycles. The molecule has 0 radical (unpaired) electrons. The van der Waals surface area contributed by atoms with E-state index in [1.807, 2.05) is 6.07 Å². The molecule has 0 atom stereocenters. The summed E-state index contributed by atoms with van der Waals surface area (Å²) in [6.45, 7) is 0.0330. The Hall–Kier alpha value is -1.11. The molecule has 1 aliphatic heterocycles. The van der Waals surface area contributed by atoms with E-state index in [9.17, 15) is 13.2 Å². The normalized spacial score (nSPS) is 14.9. The minimum absolute atomic E-state index is 0.0202. The smallest absolute Gasteiger partial charge is 0.264 e. The van der Waals surface area contributed by atoms with Gasteiger partial charge in [-0.05, 0) is 36.1 Å². The van der Waals surface area contributed by atoms with Crippen molar-refractivity contribution >= 4 is 33.3 Å². The molecule has 0 aliphatic carbocycles. The number of carbonyl (C=O) groups excluding carboxylic acids is 1. The van der Waals surface area contributed by atoms with Gasteiger partial charge in [-0.3, -0.25) is 8.98 Å². The van der Waals surface area contributed by atoms with Gasteiger partial charge in [0.25, 0.3) is 10.1 Å². The van der Waals surface area contributed by atoms with Crippen LogP contribution in [0.15, 0.2) is 12.1 Å². The van der Waals surface area contributed by atoms with E-state index in [0.717, 1.165) is 23.1 Å². The molecular weight excluding hydrogens is 290 g/mol. The van der Waals surface area contributed by atoms with Gasteiger partial charge >= 0.3 is 0 Å². The first-order valence-electron chi connectivity index (χ1n) is 5.81. The molecule has 1 aromatic rings. The van der Waals surface area contributed by atoms with Gasteiger partial charge in [-0.2, -0.15) is 8.42 Å². The highest BCUT2D eigenvalue weighted by Crippen LogP contribution is 2.29. The average Bonchev–Trinajstić information content (AvgIpc) is 2.29. The van der Waals surface area contributed by atoms with Crippen LogP contribution in [0, 0.1) is 0 Å². The van der Waals surface area contributed by atoms with Crippen LogP contribution in [0.4, 0.5) is 5.69 Å². The van der Waals surface area contributed by atoms with Crippen LogP contribution in [-0.4, -0.2) is 27.2 Å². The standard InChI is InChI=1S/C12H14ClNO4S/c1-19(16,17)18-5-4-8-7-11-9(6-10(8)13)2-3-12(15)14-11/h6-7H,2-5H2,1H3,(H,14,15). The number of hydrogen-bond acceptors (Lipinski definition) is 4. The first-order chi connectivity index (χ1) is 8.85. The Morgan fingerprint density at radius 3 is 2.79 bits per heavy atom. The largest absolute Gasteiger partial charge is 0.326 e. The number of carbonyl (C=O) groups is 1. The zero-order chi connectivity index (χ0) is 14.0. The highest BCUT2D eigenvalue weighted by molar-refractivity contribution is 7.85. The number of nitrogens with one attached hydrogen (secondary N) is 1. The molecule has 1 amide bonds. The molecule has 2 rings (SSSR count). The number of anilines is 1. The molecule has 1 aromatic carbocycles. The van der Waals surface area contributed by atoms with Gasteiger partial charge in [-0.15, -0.1) is 0 Å². The van der Waals surface area contributed by atoms with Gasteiger partial charge in [0, 0.05) is 17.1 Å². The van der Waals surface area contributed by atoms with Gasteiger partial charge in [0.2, 0.25) is 5.91 Å². The summed E-state index contributed by atoms with van der Waals surface area (Å²) in [4.78, 5) is 11.3. The van der Waals surface area contributed by atoms with E-state index < -0.39 is 10.1 Å². The molecule has 0 bridgehead atoms. The molecule has 19 heavy (non-hydrogen) atoms. The predicted molar refractivity (Wildman–Crippen MR) is 72.9 cm³/mol. The Morgan fingerprint density at radius 2 is 2.11 bits per heavy atom. The zero-order valence-electron chi connectivity index (χ0n) is 10.4. The van der Waals surface area contributed by atoms with Crippen LogP contribution in [-0.2, 0) is 31.9 Å². The van der Waals surface area contributed by atoms with Gasteiger partial charge in [-0.1, -0.05) is 11.6 Å². The number of aryl methyl sites for hydroxylation is 1. The van der Waals surface area contributed by atoms with Crippen LogP contribution >= 0.6 is 11.6 Å². The fraction of sp³-hybridized carbons (Fsp3) is 0.417. The minimum Gasteiger partial charge on any atom is -0.326 e. The maximum Gasteiger partial charge on any atom is 0.264 e. The summed E-state index contributed by atoms with van der Waals surface area (Å²) in [5.74, 6) is -0.0202. The lowest BCUT2D eigenvalue weighted by atomic mass is 10.00. The molecule has 5 nitrogen and oxygen atoms in total. The summed E-state index contributed by atoms with van der Waals surface area (Å²) in [6.07, 6.45) is 2.50. The maximum absolute atomic E-state index is 11.3. The van der Waals surface area contributed by atoms with Crippen LogP contribution in [0.3, 0.4) is 0 Å². The predicted octanol–water partition coefficient (Wildman–Crippen LogP) is 1.74. The lowest BCUT2D eigenvalue weighted by Gasteiger charge is -2.18. The Kier molecular flexibility index (Phi) is 4.13. The molecule has 1 aliphatic rings. The van der Waals surface area contributed by atoms with Crippen LogP contribution in [0.1, 0.15) is 17.5 Å². The summed E-state index contributed by atoms with van der Waals surface area (Å²) < 4.78 is 26.4. The minimum atomic E-state index is -3.45. The first kappa shape index (κ1) is 14.3. The summed E-state index contributed by atoms with van der Waals surface area (Å²) in [5.41, 5.74) is 2.50. The van der Waals surface area contributed by atoms with Crippen LogP contribution < -0.4 is 5.32 Å². The van der Waals surface area contributed by atoms with Crippen molar-refractivity contribution in [1.82, 2.24) is 0 Å². The molecule has 0 saturated carbocycles. The van der Waals surface area contributed by atoms with Gasteiger partial charge in [-0.25, -0.2) is 0 Å². The number of hydrogen-bond donors (Lipinski definition) is 1. The first-order valence-corrected chi connectivity index (χ1v) is 8.00. The summed E-state index contributed by atoms with van der Waals surface area (Å²) in [5, 5.41) is 3.34. The van der Waals surface area contributed by atoms with Crippen LogP contribution in [0.25, 0.3) is 0 Å². The summed E-state index contributed by atoms with van der Waals surface area (Å²) >= 11 is 6.13. The van der Waals surface area contributed by atoms with Crippen molar-refractivity contribution < 1.29 is 17.4 Å². The fourth-order valence-corrected chi connectivity index (χ4v) is 2.60. The maximum atomic E-state index is 11.3. The number of amides is 1. The number of benzene rings is 1. The van der Waals surface area contributed by atoms with E-state index in [4.69, 9.17) is 11.6 Å². The molecule has 0 fully saturated rings. The SMILES string of the molecule is CS(=O)(=O)OCCc1cc2c(cc1Cl)CCC(=O)N2. The lowest BCUT2D eigenvalue weighted by Crippen LogP contribution is -2.19. The monoisotopic (exact) mass is 303 g/mol. The van der Waals surface area contributed by atoms with Crippen LogP contribution in [0.2, 0.25) is 5.02 Å². The van der Waals surface area contributed by atoms with Crippen molar-refractivity contribution in [2.24, 2.45) is 0 Å². The molecule has 0 spiro atoms. The number of rotatable bonds is 4. The molecular formula is C12H14ClNO4S. The van der Waals surface area contributed by atoms with E-state index in [0.29, 0.717) is 24.3 Å². The summed E-state index contributed by atoms with van der Waals surface area (Å²) in [6, 6.07) is 3.59. The topological polar surface area (TPSA) is 72.5 Å². The van der Waals surface area contributed by atoms with Crippen molar-refractivity contribution in [3.63, 3.8) is 0 Å². The third-order valence-electron chi connectivity index (χ3n) is 2.84. The van der Waals surface area contributed by atoms with E-state index in [1.165, 1.54) is 0 Å². The van der Waals surface area contributed by atoms with E-state index in [-0.39, 0.29) is 12.5 Å². The Morgan fingerprint density at radius 1 is 1.37 bits per heavy atom. The van der Waals surface area contributed by atoms with Crippen molar-refractivity contribution in [1.29, 1.82) is 0 Å². The molecule has 1 heterocycles. The molecule has 0 aromatic heterocycles. The molecule has 104 valence electrons. The van der Waals surface area contributed by atoms with Crippen molar-refractivity contribution in [2.45, 2.75) is 19.3 Å². The van der Waals surface area contributed by atoms with Crippen molar-refractivity contribution in [3.8, 4) is 0 Å². The third-order valence-corrected chi connectivity index (χ3v) is 3.78. The Bertz CT molecular complexity index is 612. The second kappa shape index (κ2) is 5.48. The average molecular weight is 304 g/mol. The quantitative estimate of drug-likeness (QED) is 0.860. The van der Waals surface area contributed by atoms with Gasteiger partial charge in [0.15, 0.2) is 0 Å². The Labute approximate surface area is 117 Å². The van der Waals surface area contributed by atoms with Crippen molar-refractivity contribution in [3.05, 3.63) is 28.3 Å². The van der Waals surface area contributed by atoms with Gasteiger partial charge in [0.05, 0.1) is 12.9 Å². The van der Waals surface area contributed by atoms with Gasteiger partial charge in [0.1, 0.15) is 0 Å². The second-order valence-electron chi connectivity index (χ2n) is 4.43. The van der Waals surface area contributed by atoms with Crippen LogP contribution in [0.5, 0.6) is 0 Å². The third kappa shape index (κ3) is 3.92. The fourth-order valence-electron chi connectivity index (χ4n) is 1.94. The molecule has 7 heteroatoms. The summed E-state index contributed by atoms with van der Waals surface area (Å²) in [7, 11) is -3.45. The lowest BCUT2D eigenvalue weighted by molar-refractivity contribution is -0.116. The zero-order valence-corrected chi connectivity index (χ0v) is 12.0. The Balaban J connectivity index is 2.13. The second-order valence-corrected chi connectivity index (χ2v) is 6.48. The van der Waals surface area contributed by atoms with E-state index >= 15 is 0 Å². The van der Waals surface area contributed by atoms with Gasteiger partial charge < -0.3 is 5.32 Å². The van der Waals surface area contributed by atoms with Crippen molar-refractivity contribution in [2.75, 3.05) is 18.2 Å². The number of fused-ring (bicyclic) bond motifs is 1. The number of halogens is 1. The van der Waals surface area contributed by atoms with E-state index in [1.54, 1.807) is 6.07 Å².